The third-order valence-corrected chi connectivity index (χ3v) is 4.30. The molecule has 0 aromatic heterocycles. The second kappa shape index (κ2) is 7.77. The minimum Gasteiger partial charge on any atom is -0.477 e. The van der Waals surface area contributed by atoms with Crippen molar-refractivity contribution in [2.45, 2.75) is 4.90 Å². The molecule has 0 saturated heterocycles. The van der Waals surface area contributed by atoms with Crippen molar-refractivity contribution >= 4 is 21.2 Å². The van der Waals surface area contributed by atoms with E-state index in [1.807, 2.05) is 0 Å². The summed E-state index contributed by atoms with van der Waals surface area (Å²) in [6, 6.07) is 17.7. The molecule has 2 rings (SSSR count). The maximum Gasteiger partial charge on any atom is 0.237 e. The van der Waals surface area contributed by atoms with Crippen molar-refractivity contribution in [1.82, 2.24) is 0 Å². The molecule has 0 bridgehead atoms. The first-order chi connectivity index (χ1) is 11.6. The van der Waals surface area contributed by atoms with Crippen LogP contribution in [0.1, 0.15) is 0 Å². The van der Waals surface area contributed by atoms with Crippen LogP contribution >= 0.6 is 0 Å². The molecule has 120 valence electrons. The van der Waals surface area contributed by atoms with Crippen molar-refractivity contribution in [2.75, 3.05) is 11.4 Å². The van der Waals surface area contributed by atoms with E-state index in [2.05, 4.69) is 10.5 Å². The maximum atomic E-state index is 12.5. The molecule has 2 aromatic carbocycles. The molecule has 24 heavy (non-hydrogen) atoms. The van der Waals surface area contributed by atoms with Gasteiger partial charge in [-0.25, -0.2) is 8.42 Å². The Hall–Kier alpha value is -3.36. The van der Waals surface area contributed by atoms with Gasteiger partial charge in [-0.05, 0) is 24.3 Å². The summed E-state index contributed by atoms with van der Waals surface area (Å²) in [6.45, 7) is 0. The third kappa shape index (κ3) is 4.32. The van der Waals surface area contributed by atoms with Crippen LogP contribution in [0.4, 0.5) is 5.69 Å². The molecule has 7 nitrogen and oxygen atoms in total. The lowest BCUT2D eigenvalue weighted by Crippen LogP contribution is -2.14. The van der Waals surface area contributed by atoms with Gasteiger partial charge in [-0.3, -0.25) is 5.43 Å². The molecular formula is C16H12N4O3S. The van der Waals surface area contributed by atoms with Crippen LogP contribution in [0.15, 0.2) is 64.6 Å². The lowest BCUT2D eigenvalue weighted by molar-refractivity contribution is 0.376. The van der Waals surface area contributed by atoms with E-state index >= 15 is 0 Å². The zero-order valence-electron chi connectivity index (χ0n) is 12.4. The van der Waals surface area contributed by atoms with Crippen molar-refractivity contribution in [1.29, 1.82) is 10.5 Å². The molecule has 0 spiro atoms. The SMILES string of the molecule is N#CC(C#N)=NNc1ccccc1S(=O)(=O)COc1ccccc1. The number of ether oxygens (including phenoxy) is 1. The molecule has 0 radical (unpaired) electrons. The van der Waals surface area contributed by atoms with E-state index in [9.17, 15) is 8.42 Å². The number of hydrogen-bond donors (Lipinski definition) is 1. The molecule has 0 heterocycles. The molecule has 0 aliphatic heterocycles. The van der Waals surface area contributed by atoms with E-state index in [-0.39, 0.29) is 10.6 Å². The third-order valence-electron chi connectivity index (χ3n) is 2.85. The number of sulfone groups is 1. The Morgan fingerprint density at radius 1 is 1.04 bits per heavy atom. The normalized spacial score (nSPS) is 10.1. The summed E-state index contributed by atoms with van der Waals surface area (Å²) in [5.74, 6) is -0.122. The summed E-state index contributed by atoms with van der Waals surface area (Å²) >= 11 is 0. The Bertz CT molecular complexity index is 910. The van der Waals surface area contributed by atoms with Gasteiger partial charge in [0.25, 0.3) is 0 Å². The van der Waals surface area contributed by atoms with Crippen LogP contribution in [0.5, 0.6) is 5.75 Å². The molecule has 0 amide bonds. The highest BCUT2D eigenvalue weighted by molar-refractivity contribution is 7.91. The smallest absolute Gasteiger partial charge is 0.237 e. The quantitative estimate of drug-likeness (QED) is 0.637. The average Bonchev–Trinajstić information content (AvgIpc) is 2.62. The van der Waals surface area contributed by atoms with Crippen molar-refractivity contribution in [3.63, 3.8) is 0 Å². The molecule has 8 heteroatoms. The molecule has 0 saturated carbocycles. The summed E-state index contributed by atoms with van der Waals surface area (Å²) < 4.78 is 30.2. The first-order valence-corrected chi connectivity index (χ1v) is 8.35. The van der Waals surface area contributed by atoms with E-state index in [1.165, 1.54) is 12.1 Å². The summed E-state index contributed by atoms with van der Waals surface area (Å²) in [7, 11) is -3.77. The molecule has 2 aromatic rings. The first-order valence-electron chi connectivity index (χ1n) is 6.70. The number of nitriles is 2. The molecule has 0 aliphatic carbocycles. The second-order valence-corrected chi connectivity index (χ2v) is 6.39. The highest BCUT2D eigenvalue weighted by Gasteiger charge is 2.19. The molecule has 0 unspecified atom stereocenters. The Morgan fingerprint density at radius 2 is 1.67 bits per heavy atom. The lowest BCUT2D eigenvalue weighted by atomic mass is 10.3. The number of benzene rings is 2. The van der Waals surface area contributed by atoms with Gasteiger partial charge in [-0.1, -0.05) is 30.3 Å². The summed E-state index contributed by atoms with van der Waals surface area (Å²) in [5, 5.41) is 20.9. The fraction of sp³-hybridized carbons (Fsp3) is 0.0625. The second-order valence-electron chi connectivity index (χ2n) is 4.48. The summed E-state index contributed by atoms with van der Waals surface area (Å²) in [4.78, 5) is -0.0417. The topological polar surface area (TPSA) is 115 Å². The van der Waals surface area contributed by atoms with Gasteiger partial charge in [0.1, 0.15) is 17.9 Å². The van der Waals surface area contributed by atoms with Gasteiger partial charge in [-0.2, -0.15) is 15.6 Å². The van der Waals surface area contributed by atoms with Crippen molar-refractivity contribution < 1.29 is 13.2 Å². The van der Waals surface area contributed by atoms with Gasteiger partial charge >= 0.3 is 0 Å². The number of rotatable bonds is 6. The predicted molar refractivity (Wildman–Crippen MR) is 87.8 cm³/mol. The standard InChI is InChI=1S/C16H12N4O3S/c17-10-13(11-18)19-20-15-8-4-5-9-16(15)24(21,22)12-23-14-6-2-1-3-7-14/h1-9,20H,12H2. The fourth-order valence-electron chi connectivity index (χ4n) is 1.75. The molecule has 1 N–H and O–H groups in total. The Kier molecular flexibility index (Phi) is 5.50. The molecule has 0 atom stereocenters. The number of nitrogens with zero attached hydrogens (tertiary/aromatic N) is 3. The largest absolute Gasteiger partial charge is 0.477 e. The van der Waals surface area contributed by atoms with Crippen LogP contribution in [0, 0.1) is 22.7 Å². The fourth-order valence-corrected chi connectivity index (χ4v) is 2.90. The van der Waals surface area contributed by atoms with Crippen LogP contribution < -0.4 is 10.2 Å². The van der Waals surface area contributed by atoms with Gasteiger partial charge in [-0.15, -0.1) is 0 Å². The Morgan fingerprint density at radius 3 is 2.33 bits per heavy atom. The van der Waals surface area contributed by atoms with Crippen LogP contribution in [0.3, 0.4) is 0 Å². The van der Waals surface area contributed by atoms with E-state index in [1.54, 1.807) is 54.6 Å². The van der Waals surface area contributed by atoms with Crippen molar-refractivity contribution in [3.8, 4) is 17.9 Å². The minimum absolute atomic E-state index is 0.0417. The van der Waals surface area contributed by atoms with E-state index in [4.69, 9.17) is 15.3 Å². The highest BCUT2D eigenvalue weighted by atomic mass is 32.2. The van der Waals surface area contributed by atoms with Crippen LogP contribution in [-0.4, -0.2) is 20.1 Å². The van der Waals surface area contributed by atoms with Crippen LogP contribution in [-0.2, 0) is 9.84 Å². The number of anilines is 1. The minimum atomic E-state index is -3.77. The van der Waals surface area contributed by atoms with Crippen LogP contribution in [0.2, 0.25) is 0 Å². The summed E-state index contributed by atoms with van der Waals surface area (Å²) in [6.07, 6.45) is 0. The molecule has 0 fully saturated rings. The molecule has 0 aliphatic rings. The Labute approximate surface area is 139 Å². The lowest BCUT2D eigenvalue weighted by Gasteiger charge is -2.11. The van der Waals surface area contributed by atoms with Crippen molar-refractivity contribution in [3.05, 3.63) is 54.6 Å². The first kappa shape index (κ1) is 17.0. The maximum absolute atomic E-state index is 12.5. The zero-order chi connectivity index (χ0) is 17.4. The van der Waals surface area contributed by atoms with Crippen molar-refractivity contribution in [2.24, 2.45) is 5.10 Å². The van der Waals surface area contributed by atoms with E-state index < -0.39 is 21.5 Å². The number of hydrogen-bond acceptors (Lipinski definition) is 7. The van der Waals surface area contributed by atoms with Gasteiger partial charge in [0.2, 0.25) is 15.5 Å². The van der Waals surface area contributed by atoms with Gasteiger partial charge in [0.05, 0.1) is 10.6 Å². The Balaban J connectivity index is 2.23. The average molecular weight is 340 g/mol. The van der Waals surface area contributed by atoms with Gasteiger partial charge < -0.3 is 4.74 Å². The predicted octanol–water partition coefficient (Wildman–Crippen LogP) is 2.31. The molecular weight excluding hydrogens is 328 g/mol. The van der Waals surface area contributed by atoms with E-state index in [0.717, 1.165) is 0 Å². The number of nitrogens with one attached hydrogen (secondary N) is 1. The van der Waals surface area contributed by atoms with Gasteiger partial charge in [0.15, 0.2) is 5.94 Å². The number of para-hydroxylation sites is 2. The summed E-state index contributed by atoms with van der Waals surface area (Å²) in [5.41, 5.74) is 2.16. The monoisotopic (exact) mass is 340 g/mol. The van der Waals surface area contributed by atoms with E-state index in [0.29, 0.717) is 5.75 Å². The zero-order valence-corrected chi connectivity index (χ0v) is 13.2. The number of hydrazone groups is 1. The van der Waals surface area contributed by atoms with Gasteiger partial charge in [0, 0.05) is 0 Å². The highest BCUT2D eigenvalue weighted by Crippen LogP contribution is 2.23. The van der Waals surface area contributed by atoms with Crippen LogP contribution in [0.25, 0.3) is 0 Å².